The third kappa shape index (κ3) is 37.8. The van der Waals surface area contributed by atoms with Gasteiger partial charge < -0.3 is 20.5 Å². The average Bonchev–Trinajstić information content (AvgIpc) is 3.08. The minimum absolute atomic E-state index is 0.0754. The van der Waals surface area contributed by atoms with Crippen LogP contribution in [0.5, 0.6) is 0 Å². The second-order valence-corrected chi connectivity index (χ2v) is 14.8. The van der Waals surface area contributed by atoms with Crippen molar-refractivity contribution in [2.45, 2.75) is 193 Å². The van der Waals surface area contributed by atoms with Gasteiger partial charge in [-0.05, 0) is 38.5 Å². The van der Waals surface area contributed by atoms with E-state index in [-0.39, 0.29) is 25.7 Å². The molecule has 0 aliphatic carbocycles. The van der Waals surface area contributed by atoms with Gasteiger partial charge >= 0.3 is 13.8 Å². The zero-order valence-electron chi connectivity index (χ0n) is 31.0. The maximum Gasteiger partial charge on any atom is 0.472 e. The van der Waals surface area contributed by atoms with E-state index in [1.807, 2.05) is 0 Å². The number of aliphatic hydroxyl groups is 1. The first-order valence-electron chi connectivity index (χ1n) is 19.9. The third-order valence-corrected chi connectivity index (χ3v) is 9.55. The highest BCUT2D eigenvalue weighted by molar-refractivity contribution is 7.47. The number of hydrogen-bond acceptors (Lipinski definition) is 7. The number of phosphoric ester groups is 1. The quantitative estimate of drug-likeness (QED) is 0.0251. The van der Waals surface area contributed by atoms with Crippen LogP contribution in [0.4, 0.5) is 0 Å². The van der Waals surface area contributed by atoms with Crippen molar-refractivity contribution in [1.29, 1.82) is 0 Å². The van der Waals surface area contributed by atoms with Crippen LogP contribution in [0.15, 0.2) is 24.3 Å². The van der Waals surface area contributed by atoms with E-state index in [1.54, 1.807) is 0 Å². The maximum atomic E-state index is 11.8. The van der Waals surface area contributed by atoms with Gasteiger partial charge in [-0.2, -0.15) is 0 Å². The fourth-order valence-electron chi connectivity index (χ4n) is 5.60. The predicted octanol–water partition coefficient (Wildman–Crippen LogP) is 11.0. The topological polar surface area (TPSA) is 128 Å². The molecule has 9 heteroatoms. The van der Waals surface area contributed by atoms with Crippen molar-refractivity contribution in [3.63, 3.8) is 0 Å². The molecule has 0 aliphatic rings. The van der Waals surface area contributed by atoms with Gasteiger partial charge in [-0.25, -0.2) is 4.57 Å². The largest absolute Gasteiger partial charge is 0.472 e. The zero-order valence-corrected chi connectivity index (χ0v) is 31.9. The van der Waals surface area contributed by atoms with Gasteiger partial charge in [0.1, 0.15) is 12.7 Å². The lowest BCUT2D eigenvalue weighted by atomic mass is 10.0. The number of unbranched alkanes of at least 4 members (excludes halogenated alkanes) is 24. The molecule has 0 aliphatic heterocycles. The van der Waals surface area contributed by atoms with Crippen molar-refractivity contribution >= 4 is 13.8 Å². The molecule has 0 aromatic rings. The molecule has 2 unspecified atom stereocenters. The number of nitrogens with two attached hydrogens (primary N) is 1. The Balaban J connectivity index is 3.30. The number of carbonyl (C=O) groups excluding carboxylic acids is 1. The summed E-state index contributed by atoms with van der Waals surface area (Å²) in [4.78, 5) is 21.2. The molecule has 0 saturated heterocycles. The van der Waals surface area contributed by atoms with Gasteiger partial charge in [0.2, 0.25) is 0 Å². The monoisotopic (exact) mass is 702 g/mol. The first-order valence-corrected chi connectivity index (χ1v) is 21.4. The van der Waals surface area contributed by atoms with Gasteiger partial charge in [0.25, 0.3) is 0 Å². The highest BCUT2D eigenvalue weighted by Gasteiger charge is 2.22. The molecule has 0 radical (unpaired) electrons. The molecule has 48 heavy (non-hydrogen) atoms. The Morgan fingerprint density at radius 2 is 1.04 bits per heavy atom. The lowest BCUT2D eigenvalue weighted by molar-refractivity contribution is -0.147. The molecule has 0 aromatic carbocycles. The minimum Gasteiger partial charge on any atom is -0.463 e. The van der Waals surface area contributed by atoms with Crippen LogP contribution in [0.3, 0.4) is 0 Å². The van der Waals surface area contributed by atoms with E-state index in [2.05, 4.69) is 40.3 Å². The van der Waals surface area contributed by atoms with Crippen molar-refractivity contribution in [1.82, 2.24) is 0 Å². The standard InChI is InChI=1S/C39H76NO7P/c1-2-3-4-5-6-7-8-9-10-11-12-13-14-15-16-17-18-19-20-21-22-23-24-25-26-27-28-29-30-31-32-33-39(42)45-36-38(41)37-47-48(43,44)46-35-34-40/h8-9,11-12,38,41H,2-7,10,13-37,40H2,1H3,(H,43,44)/b9-8-,12-11-. The third-order valence-electron chi connectivity index (χ3n) is 8.57. The van der Waals surface area contributed by atoms with Crippen LogP contribution >= 0.6 is 7.82 Å². The van der Waals surface area contributed by atoms with Crippen LogP contribution in [-0.2, 0) is 23.1 Å². The number of hydrogen-bond donors (Lipinski definition) is 3. The molecule has 0 fully saturated rings. The molecule has 0 aromatic heterocycles. The van der Waals surface area contributed by atoms with Crippen molar-refractivity contribution in [2.24, 2.45) is 5.73 Å². The molecule has 0 spiro atoms. The summed E-state index contributed by atoms with van der Waals surface area (Å²) in [6.45, 7) is 1.47. The normalized spacial score (nSPS) is 13.8. The highest BCUT2D eigenvalue weighted by Crippen LogP contribution is 2.42. The fraction of sp³-hybridized carbons (Fsp3) is 0.872. The summed E-state index contributed by atoms with van der Waals surface area (Å²) in [5.41, 5.74) is 5.20. The van der Waals surface area contributed by atoms with E-state index in [9.17, 15) is 19.4 Å². The van der Waals surface area contributed by atoms with Gasteiger partial charge in [0, 0.05) is 13.0 Å². The van der Waals surface area contributed by atoms with Crippen molar-refractivity contribution in [3.8, 4) is 0 Å². The molecule has 0 rings (SSSR count). The lowest BCUT2D eigenvalue weighted by Gasteiger charge is -2.15. The Bertz CT molecular complexity index is 792. The van der Waals surface area contributed by atoms with Crippen LogP contribution in [0.1, 0.15) is 187 Å². The van der Waals surface area contributed by atoms with Crippen LogP contribution < -0.4 is 5.73 Å². The Hall–Kier alpha value is -1.02. The van der Waals surface area contributed by atoms with Gasteiger partial charge in [-0.3, -0.25) is 13.8 Å². The number of phosphoric acid groups is 1. The van der Waals surface area contributed by atoms with Crippen molar-refractivity contribution in [3.05, 3.63) is 24.3 Å². The number of allylic oxidation sites excluding steroid dienone is 4. The van der Waals surface area contributed by atoms with E-state index in [0.717, 1.165) is 25.7 Å². The summed E-state index contributed by atoms with van der Waals surface area (Å²) in [5, 5.41) is 9.76. The number of ether oxygens (including phenoxy) is 1. The fourth-order valence-corrected chi connectivity index (χ4v) is 6.38. The minimum atomic E-state index is -4.25. The molecule has 0 amide bonds. The number of aliphatic hydroxyl groups excluding tert-OH is 1. The Morgan fingerprint density at radius 3 is 1.48 bits per heavy atom. The smallest absolute Gasteiger partial charge is 0.463 e. The van der Waals surface area contributed by atoms with Crippen LogP contribution in [-0.4, -0.2) is 48.4 Å². The van der Waals surface area contributed by atoms with Crippen LogP contribution in [0.2, 0.25) is 0 Å². The van der Waals surface area contributed by atoms with Crippen molar-refractivity contribution in [2.75, 3.05) is 26.4 Å². The highest BCUT2D eigenvalue weighted by atomic mass is 31.2. The van der Waals surface area contributed by atoms with Gasteiger partial charge in [-0.15, -0.1) is 0 Å². The van der Waals surface area contributed by atoms with Gasteiger partial charge in [-0.1, -0.05) is 166 Å². The van der Waals surface area contributed by atoms with E-state index in [1.165, 1.54) is 148 Å². The number of esters is 1. The molecular formula is C39H76NO7P. The summed E-state index contributed by atoms with van der Waals surface area (Å²) in [5.74, 6) is -0.382. The summed E-state index contributed by atoms with van der Waals surface area (Å²) in [6.07, 6.45) is 43.6. The van der Waals surface area contributed by atoms with Gasteiger partial charge in [0.15, 0.2) is 0 Å². The summed E-state index contributed by atoms with van der Waals surface area (Å²) >= 11 is 0. The van der Waals surface area contributed by atoms with Crippen LogP contribution in [0.25, 0.3) is 0 Å². The molecule has 8 nitrogen and oxygen atoms in total. The zero-order chi connectivity index (χ0) is 35.2. The summed E-state index contributed by atoms with van der Waals surface area (Å²) in [7, 11) is -4.25. The maximum absolute atomic E-state index is 11.8. The molecule has 0 bridgehead atoms. The summed E-state index contributed by atoms with van der Waals surface area (Å²) < 4.78 is 25.7. The molecule has 284 valence electrons. The molecular weight excluding hydrogens is 625 g/mol. The van der Waals surface area contributed by atoms with Crippen molar-refractivity contribution < 1.29 is 33.1 Å². The Kier molecular flexibility index (Phi) is 36.4. The average molecular weight is 702 g/mol. The molecule has 0 saturated carbocycles. The second kappa shape index (κ2) is 37.2. The number of carbonyl (C=O) groups is 1. The Morgan fingerprint density at radius 1 is 0.625 bits per heavy atom. The SMILES string of the molecule is CCCCCCC/C=C\C/C=C\CCCCCCCCCCCCCCCCCCCCCC(=O)OCC(O)COP(=O)(O)OCCN. The first kappa shape index (κ1) is 47.0. The van der Waals surface area contributed by atoms with Gasteiger partial charge in [0.05, 0.1) is 13.2 Å². The first-order chi connectivity index (χ1) is 23.4. The van der Waals surface area contributed by atoms with E-state index >= 15 is 0 Å². The number of rotatable bonds is 38. The Labute approximate surface area is 295 Å². The van der Waals surface area contributed by atoms with E-state index in [0.29, 0.717) is 6.42 Å². The van der Waals surface area contributed by atoms with E-state index in [4.69, 9.17) is 10.5 Å². The lowest BCUT2D eigenvalue weighted by Crippen LogP contribution is -2.23. The molecule has 4 N–H and O–H groups in total. The summed E-state index contributed by atoms with van der Waals surface area (Å²) in [6, 6.07) is 0. The molecule has 0 heterocycles. The van der Waals surface area contributed by atoms with Crippen LogP contribution in [0, 0.1) is 0 Å². The molecule has 2 atom stereocenters. The van der Waals surface area contributed by atoms with E-state index < -0.39 is 20.5 Å². The second-order valence-electron chi connectivity index (χ2n) is 13.4. The predicted molar refractivity (Wildman–Crippen MR) is 201 cm³/mol.